The molecular weight excluding hydrogens is 502 g/mol. The molecule has 0 radical (unpaired) electrons. The van der Waals surface area contributed by atoms with Crippen LogP contribution < -0.4 is 16.1 Å². The zero-order valence-electron chi connectivity index (χ0n) is 18.2. The van der Waals surface area contributed by atoms with Crippen molar-refractivity contribution in [3.8, 4) is 0 Å². The Hall–Kier alpha value is -2.90. The van der Waals surface area contributed by atoms with E-state index < -0.39 is 52.9 Å². The van der Waals surface area contributed by atoms with Gasteiger partial charge in [0.15, 0.2) is 5.69 Å². The molecule has 35 heavy (non-hydrogen) atoms. The van der Waals surface area contributed by atoms with Crippen molar-refractivity contribution >= 4 is 35.2 Å². The van der Waals surface area contributed by atoms with Gasteiger partial charge in [-0.05, 0) is 43.4 Å². The smallest absolute Gasteiger partial charge is 0.356 e. The maximum Gasteiger partial charge on any atom is 0.452 e. The first kappa shape index (κ1) is 25.2. The predicted octanol–water partition coefficient (Wildman–Crippen LogP) is 1.51. The average molecular weight is 524 g/mol. The SMILES string of the molecule is O=C(NC(CC12CC(C1)C2)C(=O)NN(C[C@@H]1CCNC1=O)C(=O)C(F)Cl)c1cc(C(F)(F)F)on1. The van der Waals surface area contributed by atoms with E-state index in [4.69, 9.17) is 11.6 Å². The van der Waals surface area contributed by atoms with Crippen molar-refractivity contribution in [3.05, 3.63) is 17.5 Å². The number of carbonyl (C=O) groups is 4. The maximum absolute atomic E-state index is 13.6. The molecule has 3 atom stereocenters. The van der Waals surface area contributed by atoms with Gasteiger partial charge in [-0.1, -0.05) is 16.8 Å². The van der Waals surface area contributed by atoms with Gasteiger partial charge in [-0.2, -0.15) is 13.2 Å². The van der Waals surface area contributed by atoms with E-state index in [0.717, 1.165) is 19.3 Å². The lowest BCUT2D eigenvalue weighted by Gasteiger charge is -2.63. The van der Waals surface area contributed by atoms with Crippen molar-refractivity contribution in [2.75, 3.05) is 13.1 Å². The second-order valence-electron chi connectivity index (χ2n) is 9.28. The quantitative estimate of drug-likeness (QED) is 0.269. The molecule has 1 saturated heterocycles. The topological polar surface area (TPSA) is 134 Å². The number of alkyl halides is 5. The van der Waals surface area contributed by atoms with E-state index in [0.29, 0.717) is 30.0 Å². The first-order chi connectivity index (χ1) is 16.4. The van der Waals surface area contributed by atoms with E-state index in [-0.39, 0.29) is 24.3 Å². The highest BCUT2D eigenvalue weighted by molar-refractivity contribution is 6.29. The monoisotopic (exact) mass is 523 g/mol. The van der Waals surface area contributed by atoms with Gasteiger partial charge in [-0.25, -0.2) is 9.40 Å². The van der Waals surface area contributed by atoms with Crippen LogP contribution in [0.15, 0.2) is 10.6 Å². The molecule has 192 valence electrons. The zero-order valence-corrected chi connectivity index (χ0v) is 18.9. The normalized spacial score (nSPS) is 26.6. The van der Waals surface area contributed by atoms with Crippen molar-refractivity contribution in [1.82, 2.24) is 26.2 Å². The van der Waals surface area contributed by atoms with Gasteiger partial charge in [0.2, 0.25) is 11.7 Å². The molecule has 0 spiro atoms. The Labute approximate surface area is 201 Å². The van der Waals surface area contributed by atoms with E-state index >= 15 is 0 Å². The minimum atomic E-state index is -4.86. The fraction of sp³-hybridized carbons (Fsp3) is 0.650. The summed E-state index contributed by atoms with van der Waals surface area (Å²) < 4.78 is 56.1. The molecule has 3 saturated carbocycles. The Balaban J connectivity index is 1.48. The number of carbonyl (C=O) groups excluding carboxylic acids is 4. The van der Waals surface area contributed by atoms with Crippen molar-refractivity contribution in [3.63, 3.8) is 0 Å². The number of nitrogens with zero attached hydrogens (tertiary/aromatic N) is 2. The highest BCUT2D eigenvalue weighted by Crippen LogP contribution is 2.66. The second kappa shape index (κ2) is 9.28. The van der Waals surface area contributed by atoms with E-state index in [1.807, 2.05) is 0 Å². The van der Waals surface area contributed by atoms with Gasteiger partial charge in [-0.3, -0.25) is 24.6 Å². The first-order valence-electron chi connectivity index (χ1n) is 10.9. The van der Waals surface area contributed by atoms with Crippen LogP contribution in [-0.4, -0.2) is 58.6 Å². The molecule has 1 aromatic heterocycles. The molecule has 10 nitrogen and oxygen atoms in total. The van der Waals surface area contributed by atoms with Crippen molar-refractivity contribution < 1.29 is 41.3 Å². The van der Waals surface area contributed by atoms with Crippen molar-refractivity contribution in [2.24, 2.45) is 17.3 Å². The summed E-state index contributed by atoms with van der Waals surface area (Å²) in [5.74, 6) is -5.35. The molecule has 3 aliphatic carbocycles. The van der Waals surface area contributed by atoms with Gasteiger partial charge in [0.1, 0.15) is 6.04 Å². The van der Waals surface area contributed by atoms with Crippen LogP contribution in [0.2, 0.25) is 0 Å². The van der Waals surface area contributed by atoms with Crippen LogP contribution in [-0.2, 0) is 20.6 Å². The summed E-state index contributed by atoms with van der Waals surface area (Å²) in [4.78, 5) is 49.8. The summed E-state index contributed by atoms with van der Waals surface area (Å²) in [6.45, 7) is -0.00491. The standard InChI is InChI=1S/C20H22ClF4N5O5/c21-14(22)18(34)30(8-10-1-2-26-15(10)31)28-17(33)12(7-19-4-9(5-19)6-19)27-16(32)11-3-13(35-29-11)20(23,24)25/h3,9-10,12,14H,1-2,4-8H2,(H,26,31)(H,27,32)(H,28,33)/t9?,10-,12?,14?,19?/m0/s1. The molecule has 4 amide bonds. The number of hydrogen-bond acceptors (Lipinski definition) is 6. The number of halogens is 5. The van der Waals surface area contributed by atoms with Gasteiger partial charge < -0.3 is 15.2 Å². The van der Waals surface area contributed by atoms with Crippen molar-refractivity contribution in [2.45, 2.75) is 50.0 Å². The average Bonchev–Trinajstić information content (AvgIpc) is 3.37. The molecular formula is C20H22ClF4N5O5. The van der Waals surface area contributed by atoms with Gasteiger partial charge in [0, 0.05) is 12.6 Å². The highest BCUT2D eigenvalue weighted by atomic mass is 35.5. The lowest BCUT2D eigenvalue weighted by atomic mass is 9.43. The number of aromatic nitrogens is 1. The Morgan fingerprint density at radius 1 is 1.31 bits per heavy atom. The third-order valence-corrected chi connectivity index (χ3v) is 6.90. The van der Waals surface area contributed by atoms with Crippen molar-refractivity contribution in [1.29, 1.82) is 0 Å². The van der Waals surface area contributed by atoms with Crippen LogP contribution in [0, 0.1) is 17.3 Å². The minimum absolute atomic E-state index is 0.150. The van der Waals surface area contributed by atoms with E-state index in [1.165, 1.54) is 0 Å². The Bertz CT molecular complexity index is 1010. The third-order valence-electron chi connectivity index (χ3n) is 6.71. The molecule has 0 aromatic carbocycles. The van der Waals surface area contributed by atoms with Crippen LogP contribution in [0.5, 0.6) is 0 Å². The number of nitrogens with one attached hydrogen (secondary N) is 3. The second-order valence-corrected chi connectivity index (χ2v) is 9.67. The summed E-state index contributed by atoms with van der Waals surface area (Å²) >= 11 is 5.27. The Morgan fingerprint density at radius 2 is 2.00 bits per heavy atom. The number of hydrazine groups is 1. The molecule has 3 N–H and O–H groups in total. The summed E-state index contributed by atoms with van der Waals surface area (Å²) in [6.07, 6.45) is -1.88. The molecule has 2 bridgehead atoms. The lowest BCUT2D eigenvalue weighted by molar-refractivity contribution is -0.155. The predicted molar refractivity (Wildman–Crippen MR) is 109 cm³/mol. The van der Waals surface area contributed by atoms with Crippen LogP contribution in [0.25, 0.3) is 0 Å². The summed E-state index contributed by atoms with van der Waals surface area (Å²) in [6, 6.07) is -0.878. The van der Waals surface area contributed by atoms with E-state index in [9.17, 15) is 36.7 Å². The molecule has 4 fully saturated rings. The summed E-state index contributed by atoms with van der Waals surface area (Å²) in [5.41, 5.74) is -1.18. The molecule has 2 unspecified atom stereocenters. The molecule has 4 aliphatic rings. The fourth-order valence-corrected chi connectivity index (χ4v) is 4.97. The molecule has 2 heterocycles. The van der Waals surface area contributed by atoms with Gasteiger partial charge in [0.25, 0.3) is 23.4 Å². The Morgan fingerprint density at radius 3 is 2.49 bits per heavy atom. The largest absolute Gasteiger partial charge is 0.452 e. The van der Waals surface area contributed by atoms with Crippen LogP contribution in [0.1, 0.15) is 48.4 Å². The number of rotatable bonds is 8. The van der Waals surface area contributed by atoms with E-state index in [2.05, 4.69) is 25.7 Å². The molecule has 1 aliphatic heterocycles. The van der Waals surface area contributed by atoms with Gasteiger partial charge >= 0.3 is 6.18 Å². The van der Waals surface area contributed by atoms with E-state index in [1.54, 1.807) is 0 Å². The van der Waals surface area contributed by atoms with Gasteiger partial charge in [-0.15, -0.1) is 0 Å². The minimum Gasteiger partial charge on any atom is -0.356 e. The number of amides is 4. The third kappa shape index (κ3) is 5.36. The maximum atomic E-state index is 13.6. The highest BCUT2D eigenvalue weighted by Gasteiger charge is 2.57. The zero-order chi connectivity index (χ0) is 25.5. The fourth-order valence-electron chi connectivity index (χ4n) is 4.86. The van der Waals surface area contributed by atoms with Gasteiger partial charge in [0.05, 0.1) is 12.5 Å². The summed E-state index contributed by atoms with van der Waals surface area (Å²) in [7, 11) is 0. The molecule has 1 aromatic rings. The van der Waals surface area contributed by atoms with Crippen LogP contribution in [0.4, 0.5) is 17.6 Å². The molecule has 15 heteroatoms. The van der Waals surface area contributed by atoms with Crippen LogP contribution >= 0.6 is 11.6 Å². The molecule has 5 rings (SSSR count). The Kier molecular flexibility index (Phi) is 6.68. The first-order valence-corrected chi connectivity index (χ1v) is 11.3. The van der Waals surface area contributed by atoms with Crippen LogP contribution in [0.3, 0.4) is 0 Å². The number of hydrogen-bond donors (Lipinski definition) is 3. The lowest BCUT2D eigenvalue weighted by Crippen LogP contribution is -2.60. The summed E-state index contributed by atoms with van der Waals surface area (Å²) in [5, 5.41) is 8.60.